The lowest BCUT2D eigenvalue weighted by molar-refractivity contribution is 0.425. The molecule has 1 rings (SSSR count). The van der Waals surface area contributed by atoms with Gasteiger partial charge in [-0.25, -0.2) is 0 Å². The van der Waals surface area contributed by atoms with Crippen molar-refractivity contribution in [3.63, 3.8) is 0 Å². The Bertz CT molecular complexity index is 362. The van der Waals surface area contributed by atoms with Crippen molar-refractivity contribution in [1.82, 2.24) is 0 Å². The molecule has 2 N–H and O–H groups in total. The first-order valence-electron chi connectivity index (χ1n) is 4.20. The molecule has 0 amide bonds. The highest BCUT2D eigenvalue weighted by atomic mass is 32.1. The van der Waals surface area contributed by atoms with Gasteiger partial charge < -0.3 is 10.0 Å². The largest absolute Gasteiger partial charge is 0.488 e. The van der Waals surface area contributed by atoms with Gasteiger partial charge in [-0.1, -0.05) is 6.07 Å². The first-order valence-corrected chi connectivity index (χ1v) is 4.64. The number of aryl methyl sites for hydroxylation is 1. The maximum absolute atomic E-state index is 9.04. The number of nitriles is 1. The summed E-state index contributed by atoms with van der Waals surface area (Å²) in [5, 5.41) is 26.5. The van der Waals surface area contributed by atoms with Crippen molar-refractivity contribution in [2.24, 2.45) is 0 Å². The predicted octanol–water partition coefficient (Wildman–Crippen LogP) is 0.111. The first kappa shape index (κ1) is 11.1. The average Bonchev–Trinajstić information content (AvgIpc) is 2.14. The van der Waals surface area contributed by atoms with Crippen LogP contribution < -0.4 is 5.46 Å². The zero-order valence-corrected chi connectivity index (χ0v) is 8.41. The molecule has 72 valence electrons. The van der Waals surface area contributed by atoms with Crippen molar-refractivity contribution < 1.29 is 10.0 Å². The fraction of sp³-hybridized carbons (Fsp3) is 0.222. The molecule has 0 aliphatic carbocycles. The maximum atomic E-state index is 9.04. The highest BCUT2D eigenvalue weighted by Crippen LogP contribution is 2.09. The average molecular weight is 207 g/mol. The van der Waals surface area contributed by atoms with Gasteiger partial charge in [0.05, 0.1) is 6.07 Å². The van der Waals surface area contributed by atoms with E-state index in [1.54, 1.807) is 18.2 Å². The van der Waals surface area contributed by atoms with E-state index in [2.05, 4.69) is 12.6 Å². The van der Waals surface area contributed by atoms with E-state index >= 15 is 0 Å². The molecule has 0 radical (unpaired) electrons. The van der Waals surface area contributed by atoms with Gasteiger partial charge in [-0.05, 0) is 29.6 Å². The molecule has 0 bridgehead atoms. The SMILES string of the molecule is N#CCCc1cc(S)ccc1B(O)O. The number of hydrogen-bond donors (Lipinski definition) is 3. The van der Waals surface area contributed by atoms with E-state index in [-0.39, 0.29) is 0 Å². The molecule has 1 aromatic rings. The van der Waals surface area contributed by atoms with Crippen LogP contribution in [0.3, 0.4) is 0 Å². The molecular weight excluding hydrogens is 197 g/mol. The monoisotopic (exact) mass is 207 g/mol. The zero-order valence-electron chi connectivity index (χ0n) is 7.51. The van der Waals surface area contributed by atoms with Gasteiger partial charge in [0.2, 0.25) is 0 Å². The third kappa shape index (κ3) is 2.77. The van der Waals surface area contributed by atoms with Crippen molar-refractivity contribution in [3.8, 4) is 6.07 Å². The van der Waals surface area contributed by atoms with Crippen molar-refractivity contribution in [1.29, 1.82) is 5.26 Å². The Morgan fingerprint density at radius 3 is 2.71 bits per heavy atom. The molecule has 0 aliphatic heterocycles. The van der Waals surface area contributed by atoms with Crippen LogP contribution in [0.4, 0.5) is 0 Å². The molecule has 0 saturated carbocycles. The summed E-state index contributed by atoms with van der Waals surface area (Å²) < 4.78 is 0. The van der Waals surface area contributed by atoms with Crippen molar-refractivity contribution >= 4 is 25.2 Å². The molecule has 14 heavy (non-hydrogen) atoms. The Kier molecular flexibility index (Phi) is 4.02. The summed E-state index contributed by atoms with van der Waals surface area (Å²) in [7, 11) is -1.49. The van der Waals surface area contributed by atoms with Crippen LogP contribution in [0.1, 0.15) is 12.0 Å². The van der Waals surface area contributed by atoms with Crippen LogP contribution in [0.25, 0.3) is 0 Å². The van der Waals surface area contributed by atoms with E-state index in [4.69, 9.17) is 15.3 Å². The maximum Gasteiger partial charge on any atom is 0.488 e. The minimum absolute atomic E-state index is 0.358. The lowest BCUT2D eigenvalue weighted by atomic mass is 9.76. The molecule has 0 atom stereocenters. The molecule has 0 spiro atoms. The van der Waals surface area contributed by atoms with E-state index < -0.39 is 7.12 Å². The summed E-state index contributed by atoms with van der Waals surface area (Å²) in [5.41, 5.74) is 1.20. The van der Waals surface area contributed by atoms with Gasteiger partial charge in [0.25, 0.3) is 0 Å². The van der Waals surface area contributed by atoms with Crippen molar-refractivity contribution in [2.75, 3.05) is 0 Å². The fourth-order valence-corrected chi connectivity index (χ4v) is 1.48. The normalized spacial score (nSPS) is 9.57. The first-order chi connectivity index (χ1) is 6.65. The number of rotatable bonds is 3. The van der Waals surface area contributed by atoms with E-state index in [1.165, 1.54) is 0 Å². The molecule has 0 fully saturated rings. The Balaban J connectivity index is 2.98. The van der Waals surface area contributed by atoms with Crippen LogP contribution >= 0.6 is 12.6 Å². The third-order valence-electron chi connectivity index (χ3n) is 1.91. The summed E-state index contributed by atoms with van der Waals surface area (Å²) in [5.74, 6) is 0. The lowest BCUT2D eigenvalue weighted by Gasteiger charge is -2.07. The summed E-state index contributed by atoms with van der Waals surface area (Å²) in [6.45, 7) is 0. The van der Waals surface area contributed by atoms with E-state index in [0.717, 1.165) is 10.5 Å². The van der Waals surface area contributed by atoms with Crippen molar-refractivity contribution in [2.45, 2.75) is 17.7 Å². The fourth-order valence-electron chi connectivity index (χ4n) is 1.25. The molecule has 0 saturated heterocycles. The van der Waals surface area contributed by atoms with Gasteiger partial charge in [0.1, 0.15) is 0 Å². The summed E-state index contributed by atoms with van der Waals surface area (Å²) in [6.07, 6.45) is 0.870. The molecule has 0 aliphatic rings. The highest BCUT2D eigenvalue weighted by molar-refractivity contribution is 7.80. The van der Waals surface area contributed by atoms with E-state index in [0.29, 0.717) is 18.3 Å². The number of hydrogen-bond acceptors (Lipinski definition) is 4. The molecular formula is C9H10BNO2S. The van der Waals surface area contributed by atoms with Gasteiger partial charge in [-0.15, -0.1) is 12.6 Å². The molecule has 0 unspecified atom stereocenters. The van der Waals surface area contributed by atoms with Crippen LogP contribution in [0.2, 0.25) is 0 Å². The summed E-state index contributed by atoms with van der Waals surface area (Å²) >= 11 is 4.15. The number of nitrogens with zero attached hydrogens (tertiary/aromatic N) is 1. The van der Waals surface area contributed by atoms with Crippen LogP contribution in [0.15, 0.2) is 23.1 Å². The molecule has 3 nitrogen and oxygen atoms in total. The zero-order chi connectivity index (χ0) is 10.6. The van der Waals surface area contributed by atoms with E-state index in [1.807, 2.05) is 6.07 Å². The van der Waals surface area contributed by atoms with Gasteiger partial charge >= 0.3 is 7.12 Å². The Labute approximate surface area is 88.6 Å². The van der Waals surface area contributed by atoms with E-state index in [9.17, 15) is 0 Å². The Morgan fingerprint density at radius 2 is 2.14 bits per heavy atom. The molecule has 0 aromatic heterocycles. The summed E-state index contributed by atoms with van der Waals surface area (Å²) in [4.78, 5) is 0.752. The minimum Gasteiger partial charge on any atom is -0.423 e. The predicted molar refractivity (Wildman–Crippen MR) is 57.5 cm³/mol. The van der Waals surface area contributed by atoms with Gasteiger partial charge in [0, 0.05) is 11.3 Å². The number of benzene rings is 1. The third-order valence-corrected chi connectivity index (χ3v) is 2.19. The summed E-state index contributed by atoms with van der Waals surface area (Å²) in [6, 6.07) is 7.06. The van der Waals surface area contributed by atoms with Gasteiger partial charge in [-0.3, -0.25) is 0 Å². The van der Waals surface area contributed by atoms with Gasteiger partial charge in [-0.2, -0.15) is 5.26 Å². The minimum atomic E-state index is -1.49. The highest BCUT2D eigenvalue weighted by Gasteiger charge is 2.15. The Hall–Kier alpha value is -0.955. The second kappa shape index (κ2) is 5.06. The van der Waals surface area contributed by atoms with Crippen LogP contribution in [0.5, 0.6) is 0 Å². The van der Waals surface area contributed by atoms with Crippen LogP contribution in [0, 0.1) is 11.3 Å². The lowest BCUT2D eigenvalue weighted by Crippen LogP contribution is -2.33. The quantitative estimate of drug-likeness (QED) is 0.487. The number of thiol groups is 1. The van der Waals surface area contributed by atoms with Crippen LogP contribution in [-0.4, -0.2) is 17.2 Å². The topological polar surface area (TPSA) is 64.2 Å². The molecule has 5 heteroatoms. The molecule has 1 aromatic carbocycles. The standard InChI is InChI=1S/C9H10BNO2S/c11-5-1-2-7-6-8(14)3-4-9(7)10(12)13/h3-4,6,12-14H,1-2H2. The second-order valence-corrected chi connectivity index (χ2v) is 3.43. The molecule has 0 heterocycles. The van der Waals surface area contributed by atoms with Crippen LogP contribution in [-0.2, 0) is 6.42 Å². The Morgan fingerprint density at radius 1 is 1.43 bits per heavy atom. The second-order valence-electron chi connectivity index (χ2n) is 2.91. The van der Waals surface area contributed by atoms with Crippen molar-refractivity contribution in [3.05, 3.63) is 23.8 Å². The smallest absolute Gasteiger partial charge is 0.423 e. The van der Waals surface area contributed by atoms with Gasteiger partial charge in [0.15, 0.2) is 0 Å².